The molecule has 1 saturated heterocycles. The monoisotopic (exact) mass is 287 g/mol. The van der Waals surface area contributed by atoms with Crippen LogP contribution in [0.15, 0.2) is 18.5 Å². The van der Waals surface area contributed by atoms with E-state index in [2.05, 4.69) is 53.5 Å². The molecule has 3 rings (SSSR count). The molecule has 5 nitrogen and oxygen atoms in total. The van der Waals surface area contributed by atoms with E-state index in [0.717, 1.165) is 37.5 Å². The normalized spacial score (nSPS) is 19.0. The highest BCUT2D eigenvalue weighted by atomic mass is 15.3. The zero-order valence-corrected chi connectivity index (χ0v) is 13.4. The largest absolute Gasteiger partial charge is 0.321 e. The van der Waals surface area contributed by atoms with Gasteiger partial charge in [-0.15, -0.1) is 0 Å². The van der Waals surface area contributed by atoms with Gasteiger partial charge in [0.2, 0.25) is 0 Å². The molecular formula is C16H25N5. The second-order valence-corrected chi connectivity index (χ2v) is 6.80. The first-order chi connectivity index (χ1) is 9.98. The van der Waals surface area contributed by atoms with Crippen LogP contribution in [0.2, 0.25) is 0 Å². The van der Waals surface area contributed by atoms with Gasteiger partial charge < -0.3 is 9.88 Å². The van der Waals surface area contributed by atoms with Crippen molar-refractivity contribution in [2.45, 2.75) is 39.3 Å². The van der Waals surface area contributed by atoms with Crippen molar-refractivity contribution in [1.82, 2.24) is 24.8 Å². The number of aromatic nitrogens is 3. The van der Waals surface area contributed by atoms with Crippen LogP contribution in [0.1, 0.15) is 39.6 Å². The maximum absolute atomic E-state index is 4.89. The van der Waals surface area contributed by atoms with E-state index in [1.165, 1.54) is 5.52 Å². The molecule has 0 aromatic carbocycles. The van der Waals surface area contributed by atoms with Gasteiger partial charge in [0.25, 0.3) is 0 Å². The van der Waals surface area contributed by atoms with Crippen LogP contribution in [0.5, 0.6) is 0 Å². The van der Waals surface area contributed by atoms with Crippen molar-refractivity contribution < 1.29 is 0 Å². The highest BCUT2D eigenvalue weighted by molar-refractivity contribution is 5.75. The van der Waals surface area contributed by atoms with Crippen molar-refractivity contribution in [3.63, 3.8) is 0 Å². The molecule has 0 saturated carbocycles. The van der Waals surface area contributed by atoms with E-state index in [0.29, 0.717) is 6.04 Å². The van der Waals surface area contributed by atoms with E-state index >= 15 is 0 Å². The molecule has 0 aliphatic carbocycles. The van der Waals surface area contributed by atoms with Crippen LogP contribution in [-0.2, 0) is 5.54 Å². The predicted molar refractivity (Wildman–Crippen MR) is 85.4 cm³/mol. The van der Waals surface area contributed by atoms with Crippen LogP contribution in [-0.4, -0.2) is 45.6 Å². The molecule has 0 bridgehead atoms. The number of piperazine rings is 1. The minimum Gasteiger partial charge on any atom is -0.321 e. The van der Waals surface area contributed by atoms with E-state index in [4.69, 9.17) is 4.98 Å². The third-order valence-electron chi connectivity index (χ3n) is 4.23. The average molecular weight is 287 g/mol. The second kappa shape index (κ2) is 5.39. The molecule has 1 unspecified atom stereocenters. The van der Waals surface area contributed by atoms with Gasteiger partial charge in [0.1, 0.15) is 11.3 Å². The summed E-state index contributed by atoms with van der Waals surface area (Å²) in [5.41, 5.74) is 2.17. The lowest BCUT2D eigenvalue weighted by Gasteiger charge is -2.34. The molecule has 1 atom stereocenters. The molecule has 1 aliphatic heterocycles. The average Bonchev–Trinajstić information content (AvgIpc) is 2.86. The number of hydrogen-bond acceptors (Lipinski definition) is 4. The van der Waals surface area contributed by atoms with Crippen molar-refractivity contribution >= 4 is 11.0 Å². The molecule has 1 N–H and O–H groups in total. The van der Waals surface area contributed by atoms with Crippen LogP contribution in [0.4, 0.5) is 0 Å². The zero-order chi connectivity index (χ0) is 15.0. The smallest absolute Gasteiger partial charge is 0.127 e. The Labute approximate surface area is 126 Å². The first kappa shape index (κ1) is 14.5. The summed E-state index contributed by atoms with van der Waals surface area (Å²) in [6.07, 6.45) is 3.72. The number of fused-ring (bicyclic) bond motifs is 1. The molecule has 0 spiro atoms. The minimum atomic E-state index is 0.00767. The van der Waals surface area contributed by atoms with Gasteiger partial charge in [-0.3, -0.25) is 9.88 Å². The van der Waals surface area contributed by atoms with Crippen molar-refractivity contribution in [3.05, 3.63) is 24.3 Å². The highest BCUT2D eigenvalue weighted by Crippen LogP contribution is 2.30. The minimum absolute atomic E-state index is 0.00767. The van der Waals surface area contributed by atoms with Crippen LogP contribution < -0.4 is 5.32 Å². The predicted octanol–water partition coefficient (Wildman–Crippen LogP) is 2.15. The summed E-state index contributed by atoms with van der Waals surface area (Å²) in [7, 11) is 0. The first-order valence-electron chi connectivity index (χ1n) is 7.76. The van der Waals surface area contributed by atoms with Crippen LogP contribution >= 0.6 is 0 Å². The van der Waals surface area contributed by atoms with E-state index in [1.54, 1.807) is 0 Å². The molecule has 2 aromatic rings. The fourth-order valence-electron chi connectivity index (χ4n) is 3.17. The number of nitrogens with zero attached hydrogens (tertiary/aromatic N) is 4. The van der Waals surface area contributed by atoms with Crippen molar-refractivity contribution in [1.29, 1.82) is 0 Å². The summed E-state index contributed by atoms with van der Waals surface area (Å²) in [5.74, 6) is 1.15. The molecule has 5 heteroatoms. The lowest BCUT2D eigenvalue weighted by molar-refractivity contribution is 0.171. The molecule has 0 radical (unpaired) electrons. The Morgan fingerprint density at radius 2 is 1.95 bits per heavy atom. The lowest BCUT2D eigenvalue weighted by atomic mass is 10.1. The molecule has 0 amide bonds. The van der Waals surface area contributed by atoms with Crippen molar-refractivity contribution in [2.24, 2.45) is 0 Å². The summed E-state index contributed by atoms with van der Waals surface area (Å²) in [4.78, 5) is 11.6. The van der Waals surface area contributed by atoms with E-state index in [-0.39, 0.29) is 5.54 Å². The van der Waals surface area contributed by atoms with Gasteiger partial charge >= 0.3 is 0 Å². The lowest BCUT2D eigenvalue weighted by Crippen LogP contribution is -2.45. The van der Waals surface area contributed by atoms with Crippen LogP contribution in [0.3, 0.4) is 0 Å². The zero-order valence-electron chi connectivity index (χ0n) is 13.4. The Hall–Kier alpha value is -1.46. The van der Waals surface area contributed by atoms with Gasteiger partial charge in [-0.2, -0.15) is 0 Å². The number of nitrogens with one attached hydrogen (secondary N) is 1. The van der Waals surface area contributed by atoms with Crippen LogP contribution in [0, 0.1) is 0 Å². The van der Waals surface area contributed by atoms with Crippen molar-refractivity contribution in [3.8, 4) is 0 Å². The third kappa shape index (κ3) is 2.68. The SMILES string of the molecule is CC(c1nc2cnccc2n1C(C)(C)C)N1CCNCC1. The summed E-state index contributed by atoms with van der Waals surface area (Å²) in [5, 5.41) is 3.41. The molecular weight excluding hydrogens is 262 g/mol. The van der Waals surface area contributed by atoms with Gasteiger partial charge in [-0.25, -0.2) is 4.98 Å². The maximum atomic E-state index is 4.89. The Morgan fingerprint density at radius 3 is 2.62 bits per heavy atom. The Morgan fingerprint density at radius 1 is 1.24 bits per heavy atom. The van der Waals surface area contributed by atoms with Crippen LogP contribution in [0.25, 0.3) is 11.0 Å². The standard InChI is InChI=1S/C16H25N5/c1-12(20-9-7-17-8-10-20)15-19-13-11-18-6-5-14(13)21(15)16(2,3)4/h5-6,11-12,17H,7-10H2,1-4H3. The summed E-state index contributed by atoms with van der Waals surface area (Å²) in [6.45, 7) is 13.2. The second-order valence-electron chi connectivity index (χ2n) is 6.80. The summed E-state index contributed by atoms with van der Waals surface area (Å²) < 4.78 is 2.37. The number of imidazole rings is 1. The molecule has 2 aromatic heterocycles. The highest BCUT2D eigenvalue weighted by Gasteiger charge is 2.28. The van der Waals surface area contributed by atoms with Gasteiger partial charge in [0.05, 0.1) is 17.8 Å². The fourth-order valence-corrected chi connectivity index (χ4v) is 3.17. The molecule has 21 heavy (non-hydrogen) atoms. The number of pyridine rings is 1. The Kier molecular flexibility index (Phi) is 3.71. The van der Waals surface area contributed by atoms with E-state index in [9.17, 15) is 0 Å². The summed E-state index contributed by atoms with van der Waals surface area (Å²) in [6, 6.07) is 2.39. The van der Waals surface area contributed by atoms with Crippen molar-refractivity contribution in [2.75, 3.05) is 26.2 Å². The summed E-state index contributed by atoms with van der Waals surface area (Å²) >= 11 is 0. The van der Waals surface area contributed by atoms with Gasteiger partial charge in [-0.1, -0.05) is 0 Å². The Balaban J connectivity index is 2.08. The molecule has 3 heterocycles. The van der Waals surface area contributed by atoms with E-state index < -0.39 is 0 Å². The molecule has 1 fully saturated rings. The van der Waals surface area contributed by atoms with Gasteiger partial charge in [0, 0.05) is 37.9 Å². The number of rotatable bonds is 2. The first-order valence-corrected chi connectivity index (χ1v) is 7.76. The van der Waals surface area contributed by atoms with Gasteiger partial charge in [-0.05, 0) is 33.8 Å². The Bertz CT molecular complexity index is 619. The maximum Gasteiger partial charge on any atom is 0.127 e. The third-order valence-corrected chi connectivity index (χ3v) is 4.23. The molecule has 114 valence electrons. The quantitative estimate of drug-likeness (QED) is 0.919. The fraction of sp³-hybridized carbons (Fsp3) is 0.625. The van der Waals surface area contributed by atoms with E-state index in [1.807, 2.05) is 12.4 Å². The molecule has 1 aliphatic rings. The topological polar surface area (TPSA) is 46.0 Å². The number of hydrogen-bond donors (Lipinski definition) is 1. The van der Waals surface area contributed by atoms with Gasteiger partial charge in [0.15, 0.2) is 0 Å².